The molecule has 0 unspecified atom stereocenters. The van der Waals surface area contributed by atoms with E-state index in [9.17, 15) is 16.8 Å². The number of nitrogens with zero attached hydrogens (tertiary/aromatic N) is 1. The van der Waals surface area contributed by atoms with Crippen LogP contribution >= 0.6 is 22.0 Å². The molecule has 1 saturated carbocycles. The van der Waals surface area contributed by atoms with Crippen molar-refractivity contribution >= 4 is 46.2 Å². The first-order valence-electron chi connectivity index (χ1n) is 6.14. The van der Waals surface area contributed by atoms with E-state index in [-0.39, 0.29) is 15.0 Å². The van der Waals surface area contributed by atoms with Crippen LogP contribution in [0.2, 0.25) is 0 Å². The lowest BCUT2D eigenvalue weighted by Gasteiger charge is -2.21. The average Bonchev–Trinajstić information content (AvgIpc) is 2.70. The van der Waals surface area contributed by atoms with Crippen molar-refractivity contribution in [3.63, 3.8) is 0 Å². The molecular formula is C10H15ClN2O4S3. The van der Waals surface area contributed by atoms with Crippen LogP contribution in [0.5, 0.6) is 0 Å². The number of hydrogen-bond acceptors (Lipinski definition) is 6. The Hall–Kier alpha value is -0.380. The molecule has 1 fully saturated rings. The van der Waals surface area contributed by atoms with Gasteiger partial charge in [0.05, 0.1) is 10.9 Å². The molecular weight excluding hydrogens is 344 g/mol. The highest BCUT2D eigenvalue weighted by Gasteiger charge is 2.29. The van der Waals surface area contributed by atoms with Gasteiger partial charge in [-0.3, -0.25) is 4.72 Å². The Morgan fingerprint density at radius 2 is 1.80 bits per heavy atom. The van der Waals surface area contributed by atoms with Crippen molar-refractivity contribution in [3.05, 3.63) is 5.69 Å². The van der Waals surface area contributed by atoms with Crippen molar-refractivity contribution in [2.75, 3.05) is 4.72 Å². The standard InChI is InChI=1S/C10H15ClN2O4S3/c1-7-9(19(11,14)15)18-10(12-7)13-20(16,17)8-5-3-2-4-6-8/h8H,2-6H2,1H3,(H,12,13). The fraction of sp³-hybridized carbons (Fsp3) is 0.700. The van der Waals surface area contributed by atoms with Gasteiger partial charge in [-0.05, 0) is 19.8 Å². The van der Waals surface area contributed by atoms with E-state index in [2.05, 4.69) is 9.71 Å². The van der Waals surface area contributed by atoms with E-state index in [4.69, 9.17) is 10.7 Å². The van der Waals surface area contributed by atoms with Crippen LogP contribution in [0.15, 0.2) is 4.21 Å². The topological polar surface area (TPSA) is 93.2 Å². The first-order valence-corrected chi connectivity index (χ1v) is 10.8. The summed E-state index contributed by atoms with van der Waals surface area (Å²) in [5.41, 5.74) is 0.200. The molecule has 0 spiro atoms. The molecule has 0 aliphatic heterocycles. The van der Waals surface area contributed by atoms with Crippen LogP contribution in [-0.2, 0) is 19.1 Å². The fourth-order valence-electron chi connectivity index (χ4n) is 2.23. The summed E-state index contributed by atoms with van der Waals surface area (Å²) in [4.78, 5) is 3.92. The number of aromatic nitrogens is 1. The third kappa shape index (κ3) is 3.63. The van der Waals surface area contributed by atoms with Crippen molar-refractivity contribution < 1.29 is 16.8 Å². The maximum Gasteiger partial charge on any atom is 0.272 e. The Balaban J connectivity index is 2.22. The van der Waals surface area contributed by atoms with E-state index in [1.807, 2.05) is 0 Å². The van der Waals surface area contributed by atoms with Crippen LogP contribution in [0.3, 0.4) is 0 Å². The van der Waals surface area contributed by atoms with Gasteiger partial charge in [0.1, 0.15) is 0 Å². The number of aryl methyl sites for hydroxylation is 1. The maximum absolute atomic E-state index is 12.2. The second-order valence-electron chi connectivity index (χ2n) is 4.74. The summed E-state index contributed by atoms with van der Waals surface area (Å²) < 4.78 is 49.2. The number of rotatable bonds is 4. The molecule has 20 heavy (non-hydrogen) atoms. The molecule has 1 aromatic heterocycles. The number of anilines is 1. The highest BCUT2D eigenvalue weighted by Crippen LogP contribution is 2.32. The number of halogens is 1. The second-order valence-corrected chi connectivity index (χ2v) is 10.5. The number of thiazole rings is 1. The minimum atomic E-state index is -3.90. The van der Waals surface area contributed by atoms with E-state index in [1.165, 1.54) is 6.92 Å². The van der Waals surface area contributed by atoms with Gasteiger partial charge in [0, 0.05) is 10.7 Å². The SMILES string of the molecule is Cc1nc(NS(=O)(=O)C2CCCCC2)sc1S(=O)(=O)Cl. The van der Waals surface area contributed by atoms with E-state index in [0.717, 1.165) is 30.6 Å². The van der Waals surface area contributed by atoms with Gasteiger partial charge in [-0.2, -0.15) is 0 Å². The molecule has 0 radical (unpaired) electrons. The molecule has 6 nitrogen and oxygen atoms in total. The molecule has 114 valence electrons. The Kier molecular flexibility index (Phi) is 4.63. The molecule has 0 amide bonds. The van der Waals surface area contributed by atoms with Crippen LogP contribution in [0, 0.1) is 6.92 Å². The predicted molar refractivity (Wildman–Crippen MR) is 79.3 cm³/mol. The lowest BCUT2D eigenvalue weighted by Crippen LogP contribution is -2.29. The Morgan fingerprint density at radius 1 is 1.20 bits per heavy atom. The van der Waals surface area contributed by atoms with Crippen molar-refractivity contribution in [3.8, 4) is 0 Å². The minimum Gasteiger partial charge on any atom is -0.258 e. The van der Waals surface area contributed by atoms with Crippen LogP contribution in [0.1, 0.15) is 37.8 Å². The molecule has 0 aromatic carbocycles. The van der Waals surface area contributed by atoms with Crippen LogP contribution < -0.4 is 4.72 Å². The molecule has 2 rings (SSSR count). The second kappa shape index (κ2) is 5.78. The van der Waals surface area contributed by atoms with Gasteiger partial charge in [-0.15, -0.1) is 0 Å². The van der Waals surface area contributed by atoms with E-state index in [1.54, 1.807) is 0 Å². The molecule has 1 heterocycles. The zero-order chi connectivity index (χ0) is 15.0. The zero-order valence-corrected chi connectivity index (χ0v) is 14.0. The van der Waals surface area contributed by atoms with Crippen molar-refractivity contribution in [1.82, 2.24) is 4.98 Å². The van der Waals surface area contributed by atoms with Crippen molar-refractivity contribution in [2.24, 2.45) is 0 Å². The van der Waals surface area contributed by atoms with Gasteiger partial charge in [0.15, 0.2) is 9.34 Å². The Bertz CT molecular complexity index is 690. The van der Waals surface area contributed by atoms with E-state index in [0.29, 0.717) is 12.8 Å². The minimum absolute atomic E-state index is 0.0484. The highest BCUT2D eigenvalue weighted by atomic mass is 35.7. The molecule has 0 saturated heterocycles. The summed E-state index contributed by atoms with van der Waals surface area (Å²) >= 11 is 0.736. The van der Waals surface area contributed by atoms with Crippen molar-refractivity contribution in [1.29, 1.82) is 0 Å². The van der Waals surface area contributed by atoms with Gasteiger partial charge in [0.25, 0.3) is 9.05 Å². The van der Waals surface area contributed by atoms with Gasteiger partial charge in [-0.25, -0.2) is 21.8 Å². The summed E-state index contributed by atoms with van der Waals surface area (Å²) in [6, 6.07) is 0. The Morgan fingerprint density at radius 3 is 2.30 bits per heavy atom. The summed E-state index contributed by atoms with van der Waals surface area (Å²) in [5, 5.41) is -0.385. The zero-order valence-electron chi connectivity index (χ0n) is 10.8. The highest BCUT2D eigenvalue weighted by molar-refractivity contribution is 8.15. The van der Waals surface area contributed by atoms with Gasteiger partial charge < -0.3 is 0 Å². The lowest BCUT2D eigenvalue weighted by molar-refractivity contribution is 0.486. The van der Waals surface area contributed by atoms with E-state index < -0.39 is 24.3 Å². The lowest BCUT2D eigenvalue weighted by atomic mass is 10.0. The summed E-state index contributed by atoms with van der Waals surface area (Å²) in [7, 11) is -2.16. The molecule has 1 aliphatic carbocycles. The number of hydrogen-bond donors (Lipinski definition) is 1. The molecule has 1 aromatic rings. The summed E-state index contributed by atoms with van der Waals surface area (Å²) in [6.45, 7) is 1.48. The van der Waals surface area contributed by atoms with Crippen molar-refractivity contribution in [2.45, 2.75) is 48.5 Å². The average molecular weight is 359 g/mol. The quantitative estimate of drug-likeness (QED) is 0.834. The third-order valence-corrected chi connectivity index (χ3v) is 8.40. The maximum atomic E-state index is 12.2. The molecule has 0 atom stereocenters. The predicted octanol–water partition coefficient (Wildman–Crippen LogP) is 2.45. The van der Waals surface area contributed by atoms with Crippen LogP contribution in [-0.4, -0.2) is 27.1 Å². The van der Waals surface area contributed by atoms with Gasteiger partial charge in [0.2, 0.25) is 10.0 Å². The smallest absolute Gasteiger partial charge is 0.258 e. The first-order chi connectivity index (χ1) is 9.20. The van der Waals surface area contributed by atoms with Gasteiger partial charge in [-0.1, -0.05) is 30.6 Å². The summed E-state index contributed by atoms with van der Waals surface area (Å²) in [5.74, 6) is 0. The number of sulfonamides is 1. The normalized spacial score (nSPS) is 18.1. The Labute approximate surface area is 127 Å². The first kappa shape index (κ1) is 16.0. The van der Waals surface area contributed by atoms with Crippen LogP contribution in [0.4, 0.5) is 5.13 Å². The molecule has 10 heteroatoms. The monoisotopic (exact) mass is 358 g/mol. The number of nitrogens with one attached hydrogen (secondary N) is 1. The molecule has 0 bridgehead atoms. The third-order valence-electron chi connectivity index (χ3n) is 3.20. The van der Waals surface area contributed by atoms with Crippen LogP contribution in [0.25, 0.3) is 0 Å². The summed E-state index contributed by atoms with van der Waals surface area (Å²) in [6.07, 6.45) is 4.09. The van der Waals surface area contributed by atoms with Gasteiger partial charge >= 0.3 is 0 Å². The van der Waals surface area contributed by atoms with E-state index >= 15 is 0 Å². The molecule has 1 N–H and O–H groups in total. The largest absolute Gasteiger partial charge is 0.272 e. The fourth-order valence-corrected chi connectivity index (χ4v) is 6.36. The molecule has 1 aliphatic rings.